The van der Waals surface area contributed by atoms with Gasteiger partial charge in [0.15, 0.2) is 0 Å². The van der Waals surface area contributed by atoms with E-state index in [9.17, 15) is 14.7 Å². The quantitative estimate of drug-likeness (QED) is 0.264. The SMILES string of the molecule is COC(=O)/C=C/C(=O)[O-].[Mg+2]. The number of aliphatic carboxylic acids is 1. The smallest absolute Gasteiger partial charge is 0.545 e. The molecule has 0 spiro atoms. The van der Waals surface area contributed by atoms with Crippen LogP contribution in [-0.2, 0) is 14.3 Å². The van der Waals surface area contributed by atoms with E-state index in [4.69, 9.17) is 0 Å². The molecule has 0 aliphatic heterocycles. The molecule has 0 saturated carbocycles. The maximum atomic E-state index is 10.1. The molecule has 0 fully saturated rings. The molecule has 0 rings (SSSR count). The first kappa shape index (κ1) is 12.2. The van der Waals surface area contributed by atoms with E-state index in [0.717, 1.165) is 13.2 Å². The van der Waals surface area contributed by atoms with Crippen LogP contribution >= 0.6 is 0 Å². The van der Waals surface area contributed by atoms with Gasteiger partial charge in [0.05, 0.1) is 13.1 Å². The molecule has 0 amide bonds. The van der Waals surface area contributed by atoms with Gasteiger partial charge in [-0.05, 0) is 6.08 Å². The fourth-order valence-corrected chi connectivity index (χ4v) is 0.204. The fraction of sp³-hybridized carbons (Fsp3) is 0.200. The second kappa shape index (κ2) is 6.56. The molecule has 0 atom stereocenters. The Morgan fingerprint density at radius 1 is 1.40 bits per heavy atom. The Labute approximate surface area is 74.0 Å². The Kier molecular flexibility index (Phi) is 7.98. The molecule has 0 aliphatic carbocycles. The molecule has 0 saturated heterocycles. The van der Waals surface area contributed by atoms with Crippen molar-refractivity contribution in [2.75, 3.05) is 7.11 Å². The van der Waals surface area contributed by atoms with Crippen LogP contribution in [0.5, 0.6) is 0 Å². The molecule has 0 radical (unpaired) electrons. The van der Waals surface area contributed by atoms with E-state index >= 15 is 0 Å². The number of carboxylic acid groups (broad SMARTS) is 1. The van der Waals surface area contributed by atoms with Crippen molar-refractivity contribution in [2.45, 2.75) is 0 Å². The van der Waals surface area contributed by atoms with E-state index in [1.807, 2.05) is 0 Å². The van der Waals surface area contributed by atoms with Crippen molar-refractivity contribution >= 4 is 35.0 Å². The zero-order chi connectivity index (χ0) is 7.28. The van der Waals surface area contributed by atoms with Gasteiger partial charge in [-0.15, -0.1) is 0 Å². The molecule has 0 unspecified atom stereocenters. The summed E-state index contributed by atoms with van der Waals surface area (Å²) in [6.45, 7) is 0. The standard InChI is InChI=1S/C5H6O4.Mg/c1-9-5(8)3-2-4(6)7;/h2-3H,1H3,(H,6,7);/q;+2/p-1/b3-2+;. The largest absolute Gasteiger partial charge is 2.00 e. The molecule has 0 aromatic heterocycles. The third-order valence-corrected chi connectivity index (χ3v) is 0.557. The van der Waals surface area contributed by atoms with Crippen LogP contribution in [0, 0.1) is 0 Å². The van der Waals surface area contributed by atoms with Crippen molar-refractivity contribution in [3.05, 3.63) is 12.2 Å². The van der Waals surface area contributed by atoms with Crippen LogP contribution < -0.4 is 5.11 Å². The van der Waals surface area contributed by atoms with Crippen molar-refractivity contribution in [3.8, 4) is 0 Å². The molecule has 0 N–H and O–H groups in total. The Morgan fingerprint density at radius 3 is 2.20 bits per heavy atom. The maximum absolute atomic E-state index is 10.1. The normalized spacial score (nSPS) is 8.50. The van der Waals surface area contributed by atoms with Crippen LogP contribution in [0.3, 0.4) is 0 Å². The van der Waals surface area contributed by atoms with Crippen LogP contribution in [-0.4, -0.2) is 42.1 Å². The van der Waals surface area contributed by atoms with E-state index in [1.165, 1.54) is 0 Å². The van der Waals surface area contributed by atoms with Crippen molar-refractivity contribution in [1.29, 1.82) is 0 Å². The maximum Gasteiger partial charge on any atom is 2.00 e. The molecule has 0 aliphatic rings. The molecule has 0 aromatic rings. The topological polar surface area (TPSA) is 66.4 Å². The van der Waals surface area contributed by atoms with Crippen LogP contribution in [0.2, 0.25) is 0 Å². The van der Waals surface area contributed by atoms with Gasteiger partial charge in [-0.2, -0.15) is 0 Å². The molecule has 0 aromatic carbocycles. The van der Waals surface area contributed by atoms with Crippen molar-refractivity contribution in [1.82, 2.24) is 0 Å². The molecule has 4 nitrogen and oxygen atoms in total. The van der Waals surface area contributed by atoms with E-state index < -0.39 is 11.9 Å². The van der Waals surface area contributed by atoms with Gasteiger partial charge in [0.2, 0.25) is 0 Å². The van der Waals surface area contributed by atoms with E-state index in [1.54, 1.807) is 0 Å². The Hall–Kier alpha value is -0.554. The number of esters is 1. The number of rotatable bonds is 2. The number of ether oxygens (including phenoxy) is 1. The molecule has 0 heterocycles. The number of methoxy groups -OCH3 is 1. The number of carboxylic acids is 1. The average Bonchev–Trinajstić information content (AvgIpc) is 1.83. The van der Waals surface area contributed by atoms with Gasteiger partial charge < -0.3 is 14.6 Å². The average molecular weight is 153 g/mol. The minimum Gasteiger partial charge on any atom is -0.545 e. The summed E-state index contributed by atoms with van der Waals surface area (Å²) in [6.07, 6.45) is 1.38. The second-order valence-electron chi connectivity index (χ2n) is 1.18. The predicted molar refractivity (Wildman–Crippen MR) is 31.9 cm³/mol. The molecule has 0 bridgehead atoms. The van der Waals surface area contributed by atoms with Gasteiger partial charge >= 0.3 is 29.0 Å². The number of carbonyl (C=O) groups is 2. The first-order valence-corrected chi connectivity index (χ1v) is 2.14. The third-order valence-electron chi connectivity index (χ3n) is 0.557. The number of hydrogen-bond donors (Lipinski definition) is 0. The molecule has 5 heteroatoms. The van der Waals surface area contributed by atoms with Crippen LogP contribution in [0.25, 0.3) is 0 Å². The summed E-state index contributed by atoms with van der Waals surface area (Å²) in [5.74, 6) is -2.13. The van der Waals surface area contributed by atoms with Crippen LogP contribution in [0.1, 0.15) is 0 Å². The summed E-state index contributed by atoms with van der Waals surface area (Å²) in [5.41, 5.74) is 0. The zero-order valence-corrected chi connectivity index (χ0v) is 6.91. The summed E-state index contributed by atoms with van der Waals surface area (Å²) in [5, 5.41) is 9.61. The summed E-state index contributed by atoms with van der Waals surface area (Å²) >= 11 is 0. The third kappa shape index (κ3) is 7.45. The molecule has 50 valence electrons. The second-order valence-corrected chi connectivity index (χ2v) is 1.18. The minimum atomic E-state index is -1.42. The van der Waals surface area contributed by atoms with Crippen LogP contribution in [0.4, 0.5) is 0 Å². The van der Waals surface area contributed by atoms with Crippen molar-refractivity contribution < 1.29 is 19.4 Å². The Morgan fingerprint density at radius 2 is 1.90 bits per heavy atom. The molecular weight excluding hydrogens is 148 g/mol. The number of carbonyl (C=O) groups excluding carboxylic acids is 2. The van der Waals surface area contributed by atoms with Gasteiger partial charge in [0.1, 0.15) is 0 Å². The van der Waals surface area contributed by atoms with Crippen molar-refractivity contribution in [3.63, 3.8) is 0 Å². The van der Waals surface area contributed by atoms with Gasteiger partial charge in [-0.3, -0.25) is 0 Å². The predicted octanol–water partition coefficient (Wildman–Crippen LogP) is -1.92. The molecule has 10 heavy (non-hydrogen) atoms. The van der Waals surface area contributed by atoms with Gasteiger partial charge in [0, 0.05) is 6.08 Å². The summed E-state index contributed by atoms with van der Waals surface area (Å²) in [6, 6.07) is 0. The van der Waals surface area contributed by atoms with Gasteiger partial charge in [0.25, 0.3) is 0 Å². The van der Waals surface area contributed by atoms with E-state index in [2.05, 4.69) is 4.74 Å². The Bertz CT molecular complexity index is 152. The van der Waals surface area contributed by atoms with E-state index in [0.29, 0.717) is 6.08 Å². The summed E-state index contributed by atoms with van der Waals surface area (Å²) in [4.78, 5) is 19.7. The first-order chi connectivity index (χ1) is 4.16. The fourth-order valence-electron chi connectivity index (χ4n) is 0.204. The minimum absolute atomic E-state index is 0. The van der Waals surface area contributed by atoms with Gasteiger partial charge in [-0.1, -0.05) is 0 Å². The Balaban J connectivity index is 0. The summed E-state index contributed by atoms with van der Waals surface area (Å²) in [7, 11) is 1.15. The monoisotopic (exact) mass is 153 g/mol. The first-order valence-electron chi connectivity index (χ1n) is 2.14. The zero-order valence-electron chi connectivity index (χ0n) is 5.49. The van der Waals surface area contributed by atoms with Crippen molar-refractivity contribution in [2.24, 2.45) is 0 Å². The van der Waals surface area contributed by atoms with Gasteiger partial charge in [-0.25, -0.2) is 4.79 Å². The number of hydrogen-bond acceptors (Lipinski definition) is 4. The summed E-state index contributed by atoms with van der Waals surface area (Å²) < 4.78 is 4.08. The van der Waals surface area contributed by atoms with Crippen LogP contribution in [0.15, 0.2) is 12.2 Å². The van der Waals surface area contributed by atoms with E-state index in [-0.39, 0.29) is 23.1 Å². The molecular formula is C5H5MgO4+.